The Kier molecular flexibility index (Phi) is 7.15. The molecule has 0 aromatic heterocycles. The van der Waals surface area contributed by atoms with Crippen LogP contribution in [0.15, 0.2) is 47.6 Å². The van der Waals surface area contributed by atoms with E-state index in [1.54, 1.807) is 24.3 Å². The average Bonchev–Trinajstić information content (AvgIpc) is 3.22. The number of carbonyl (C=O) groups excluding carboxylic acids is 3. The molecule has 1 heterocycles. The lowest BCUT2D eigenvalue weighted by Gasteiger charge is -2.23. The highest BCUT2D eigenvalue weighted by Crippen LogP contribution is 2.35. The molecule has 0 saturated heterocycles. The van der Waals surface area contributed by atoms with Crippen LogP contribution < -0.4 is 20.5 Å². The monoisotopic (exact) mass is 469 g/mol. The van der Waals surface area contributed by atoms with Gasteiger partial charge in [-0.15, -0.1) is 0 Å². The predicted octanol–water partition coefficient (Wildman–Crippen LogP) is 1.74. The third-order valence-electron chi connectivity index (χ3n) is 5.05. The van der Waals surface area contributed by atoms with E-state index in [0.29, 0.717) is 22.5 Å². The van der Waals surface area contributed by atoms with Gasteiger partial charge < -0.3 is 30.5 Å². The Morgan fingerprint density at radius 2 is 1.85 bits per heavy atom. The average molecular weight is 469 g/mol. The Labute approximate surface area is 194 Å². The molecule has 1 aliphatic heterocycles. The van der Waals surface area contributed by atoms with E-state index in [4.69, 9.17) is 20.0 Å². The van der Waals surface area contributed by atoms with Gasteiger partial charge in [-0.2, -0.15) is 0 Å². The highest BCUT2D eigenvalue weighted by atomic mass is 16.7. The third kappa shape index (κ3) is 5.49. The largest absolute Gasteiger partial charge is 0.493 e. The van der Waals surface area contributed by atoms with Crippen molar-refractivity contribution in [2.75, 3.05) is 19.0 Å². The van der Waals surface area contributed by atoms with Gasteiger partial charge in [0, 0.05) is 23.2 Å². The summed E-state index contributed by atoms with van der Waals surface area (Å²) < 4.78 is 10.6. The van der Waals surface area contributed by atoms with Crippen molar-refractivity contribution in [1.82, 2.24) is 0 Å². The Morgan fingerprint density at radius 3 is 2.44 bits per heavy atom. The van der Waals surface area contributed by atoms with Crippen LogP contribution in [0.25, 0.3) is 0 Å². The van der Waals surface area contributed by atoms with Crippen LogP contribution in [0.2, 0.25) is 0 Å². The number of rotatable bonds is 10. The Balaban J connectivity index is 1.80. The number of ketones is 1. The summed E-state index contributed by atoms with van der Waals surface area (Å²) in [5.41, 5.74) is 4.98. The first kappa shape index (κ1) is 24.2. The zero-order valence-electron chi connectivity index (χ0n) is 18.5. The first-order chi connectivity index (χ1) is 16.1. The Hall–Kier alpha value is -4.41. The molecule has 0 saturated carbocycles. The normalized spacial score (nSPS) is 16.7. The van der Waals surface area contributed by atoms with E-state index < -0.39 is 29.8 Å². The second-order valence-electron chi connectivity index (χ2n) is 7.58. The maximum absolute atomic E-state index is 13.1. The van der Waals surface area contributed by atoms with Gasteiger partial charge >= 0.3 is 5.97 Å². The molecule has 34 heavy (non-hydrogen) atoms. The second-order valence-corrected chi connectivity index (χ2v) is 7.58. The van der Waals surface area contributed by atoms with Crippen molar-refractivity contribution in [3.8, 4) is 11.5 Å². The van der Waals surface area contributed by atoms with Crippen molar-refractivity contribution in [3.05, 3.63) is 53.6 Å². The fourth-order valence-corrected chi connectivity index (χ4v) is 3.32. The zero-order valence-corrected chi connectivity index (χ0v) is 18.5. The van der Waals surface area contributed by atoms with Crippen LogP contribution >= 0.6 is 0 Å². The second kappa shape index (κ2) is 10.0. The molecule has 11 heteroatoms. The van der Waals surface area contributed by atoms with E-state index in [9.17, 15) is 24.3 Å². The first-order valence-corrected chi connectivity index (χ1v) is 10.1. The Morgan fingerprint density at radius 1 is 1.15 bits per heavy atom. The molecule has 0 radical (unpaired) electrons. The molecule has 3 rings (SSSR count). The maximum atomic E-state index is 13.1. The number of hydrogen-bond donors (Lipinski definition) is 3. The van der Waals surface area contributed by atoms with Gasteiger partial charge in [0.2, 0.25) is 5.60 Å². The van der Waals surface area contributed by atoms with Crippen molar-refractivity contribution in [2.24, 2.45) is 10.9 Å². The maximum Gasteiger partial charge on any atom is 0.308 e. The predicted molar refractivity (Wildman–Crippen MR) is 120 cm³/mol. The number of anilines is 1. The summed E-state index contributed by atoms with van der Waals surface area (Å²) in [6.07, 6.45) is -0.754. The van der Waals surface area contributed by atoms with Crippen molar-refractivity contribution < 1.29 is 38.6 Å². The summed E-state index contributed by atoms with van der Waals surface area (Å²) in [4.78, 5) is 52.4. The standard InChI is InChI=1S/C23H23N3O8/c1-13(27)14-3-6-16(7-4-14)25-22(31)23(11-21(29)30)10-17(26-34-23)15-5-8-18(19(9-15)32-2)33-12-20(24)28/h3-9H,10-12H2,1-2H3,(H2,24,28)(H,25,31)(H,29,30)/t23-/m0/s1. The van der Waals surface area contributed by atoms with Crippen molar-refractivity contribution in [2.45, 2.75) is 25.4 Å². The summed E-state index contributed by atoms with van der Waals surface area (Å²) in [7, 11) is 1.41. The SMILES string of the molecule is COc1cc(C2=NO[C@@](CC(=O)O)(C(=O)Nc3ccc(C(C)=O)cc3)C2)ccc1OCC(N)=O. The highest BCUT2D eigenvalue weighted by molar-refractivity contribution is 6.09. The lowest BCUT2D eigenvalue weighted by Crippen LogP contribution is -2.45. The number of aliphatic carboxylic acids is 1. The van der Waals surface area contributed by atoms with E-state index in [0.717, 1.165) is 0 Å². The molecule has 0 spiro atoms. The molecule has 2 aromatic rings. The number of nitrogens with two attached hydrogens (primary N) is 1. The number of Topliss-reactive ketones (excluding diaryl/α,β-unsaturated/α-hetero) is 1. The van der Waals surface area contributed by atoms with E-state index in [1.807, 2.05) is 0 Å². The number of nitrogens with one attached hydrogen (secondary N) is 1. The van der Waals surface area contributed by atoms with E-state index in [1.165, 1.54) is 32.2 Å². The molecule has 0 unspecified atom stereocenters. The molecule has 0 aliphatic carbocycles. The van der Waals surface area contributed by atoms with Gasteiger partial charge in [0.15, 0.2) is 23.9 Å². The van der Waals surface area contributed by atoms with Crippen LogP contribution in [0, 0.1) is 0 Å². The number of primary amides is 1. The number of carboxylic acids is 1. The van der Waals surface area contributed by atoms with Gasteiger partial charge in [0.1, 0.15) is 0 Å². The molecular formula is C23H23N3O8. The molecule has 2 amide bonds. The van der Waals surface area contributed by atoms with Crippen LogP contribution in [-0.2, 0) is 19.2 Å². The van der Waals surface area contributed by atoms with Crippen molar-refractivity contribution >= 4 is 35.0 Å². The minimum atomic E-state index is -1.78. The van der Waals surface area contributed by atoms with Crippen LogP contribution in [0.5, 0.6) is 11.5 Å². The smallest absolute Gasteiger partial charge is 0.308 e. The summed E-state index contributed by atoms with van der Waals surface area (Å²) in [6.45, 7) is 1.08. The summed E-state index contributed by atoms with van der Waals surface area (Å²) >= 11 is 0. The molecular weight excluding hydrogens is 446 g/mol. The number of nitrogens with zero attached hydrogens (tertiary/aromatic N) is 1. The van der Waals surface area contributed by atoms with Crippen LogP contribution in [0.4, 0.5) is 5.69 Å². The van der Waals surface area contributed by atoms with Gasteiger partial charge in [0.25, 0.3) is 11.8 Å². The zero-order chi connectivity index (χ0) is 24.9. The van der Waals surface area contributed by atoms with Crippen LogP contribution in [-0.4, -0.2) is 53.7 Å². The number of carbonyl (C=O) groups is 4. The molecule has 1 aliphatic rings. The third-order valence-corrected chi connectivity index (χ3v) is 5.05. The van der Waals surface area contributed by atoms with E-state index >= 15 is 0 Å². The molecule has 11 nitrogen and oxygen atoms in total. The molecule has 1 atom stereocenters. The fourth-order valence-electron chi connectivity index (χ4n) is 3.32. The minimum Gasteiger partial charge on any atom is -0.493 e. The van der Waals surface area contributed by atoms with Gasteiger partial charge in [-0.1, -0.05) is 5.16 Å². The van der Waals surface area contributed by atoms with Crippen molar-refractivity contribution in [1.29, 1.82) is 0 Å². The minimum absolute atomic E-state index is 0.124. The Bertz CT molecular complexity index is 1160. The molecule has 4 N–H and O–H groups in total. The van der Waals surface area contributed by atoms with Crippen LogP contribution in [0.1, 0.15) is 35.7 Å². The van der Waals surface area contributed by atoms with Gasteiger partial charge in [-0.25, -0.2) is 0 Å². The topological polar surface area (TPSA) is 167 Å². The van der Waals surface area contributed by atoms with E-state index in [2.05, 4.69) is 10.5 Å². The number of methoxy groups -OCH3 is 1. The number of ether oxygens (including phenoxy) is 2. The number of amides is 2. The molecule has 0 fully saturated rings. The summed E-state index contributed by atoms with van der Waals surface area (Å²) in [5.74, 6) is -2.16. The first-order valence-electron chi connectivity index (χ1n) is 10.1. The molecule has 2 aromatic carbocycles. The quantitative estimate of drug-likeness (QED) is 0.442. The van der Waals surface area contributed by atoms with Crippen molar-refractivity contribution in [3.63, 3.8) is 0 Å². The number of oxime groups is 1. The van der Waals surface area contributed by atoms with Gasteiger partial charge in [-0.05, 0) is 49.4 Å². The van der Waals surface area contributed by atoms with Gasteiger partial charge in [0.05, 0.1) is 19.2 Å². The lowest BCUT2D eigenvalue weighted by atomic mass is 9.90. The highest BCUT2D eigenvalue weighted by Gasteiger charge is 2.49. The fraction of sp³-hybridized carbons (Fsp3) is 0.261. The number of benzene rings is 2. The van der Waals surface area contributed by atoms with Gasteiger partial charge in [-0.3, -0.25) is 19.2 Å². The summed E-state index contributed by atoms with van der Waals surface area (Å²) in [5, 5.41) is 16.0. The number of carboxylic acid groups (broad SMARTS) is 1. The van der Waals surface area contributed by atoms with Crippen LogP contribution in [0.3, 0.4) is 0 Å². The van der Waals surface area contributed by atoms with E-state index in [-0.39, 0.29) is 30.3 Å². The molecule has 178 valence electrons. The number of hydrogen-bond acceptors (Lipinski definition) is 8. The molecule has 0 bridgehead atoms. The summed E-state index contributed by atoms with van der Waals surface area (Å²) in [6, 6.07) is 10.9. The lowest BCUT2D eigenvalue weighted by molar-refractivity contribution is -0.152.